The summed E-state index contributed by atoms with van der Waals surface area (Å²) >= 11 is 0. The molecule has 0 saturated carbocycles. The molecule has 0 bridgehead atoms. The van der Waals surface area contributed by atoms with Gasteiger partial charge in [-0.3, -0.25) is 19.2 Å². The quantitative estimate of drug-likeness (QED) is 0.0284. The van der Waals surface area contributed by atoms with E-state index in [9.17, 15) is 157 Å². The minimum atomic E-state index is -2.52. The van der Waals surface area contributed by atoms with E-state index in [1.54, 1.807) is 0 Å². The lowest BCUT2D eigenvalue weighted by Crippen LogP contribution is -2.72. The van der Waals surface area contributed by atoms with Crippen molar-refractivity contribution in [2.75, 3.05) is 59.5 Å². The van der Waals surface area contributed by atoms with Crippen molar-refractivity contribution in [1.82, 2.24) is 21.3 Å². The summed E-state index contributed by atoms with van der Waals surface area (Å²) in [5.74, 6) is -3.87. The molecule has 0 aromatic rings. The smallest absolute Gasteiger partial charge is 0.217 e. The minimum Gasteiger partial charge on any atom is -0.394 e. The van der Waals surface area contributed by atoms with Crippen molar-refractivity contribution in [2.24, 2.45) is 0 Å². The van der Waals surface area contributed by atoms with Crippen LogP contribution in [0.3, 0.4) is 0 Å². The summed E-state index contributed by atoms with van der Waals surface area (Å²) in [5.41, 5.74) is 0. The van der Waals surface area contributed by atoms with Gasteiger partial charge in [-0.15, -0.1) is 0 Å². The number of carbonyl (C=O) groups excluding carboxylic acids is 4. The Morgan fingerprint density at radius 2 is 0.603 bits per heavy atom. The molecule has 9 aliphatic rings. The fourth-order valence-electron chi connectivity index (χ4n) is 15.4. The molecule has 0 radical (unpaired) electrons. The van der Waals surface area contributed by atoms with E-state index in [4.69, 9.17) is 85.3 Å². The Morgan fingerprint density at radius 3 is 1.02 bits per heavy atom. The van der Waals surface area contributed by atoms with E-state index in [2.05, 4.69) is 21.3 Å². The highest BCUT2D eigenvalue weighted by atomic mass is 16.8. The van der Waals surface area contributed by atoms with Gasteiger partial charge in [-0.2, -0.15) is 0 Å². The fraction of sp³-hybridized carbons (Fsp3) is 0.941. The van der Waals surface area contributed by atoms with Crippen LogP contribution in [0.2, 0.25) is 0 Å². The monoisotopic (exact) mass is 1770 g/mol. The molecule has 9 heterocycles. The van der Waals surface area contributed by atoms with Gasteiger partial charge in [-0.05, 0) is 13.8 Å². The molecule has 702 valence electrons. The normalized spacial score (nSPS) is 47.3. The average Bonchev–Trinajstić information content (AvgIpc) is 0.764. The van der Waals surface area contributed by atoms with E-state index in [1.165, 1.54) is 13.8 Å². The van der Waals surface area contributed by atoms with Gasteiger partial charge in [0.15, 0.2) is 56.6 Å². The number of carbonyl (C=O) groups is 4. The topological polar surface area (TPSA) is 829 Å². The molecule has 49 atom stereocenters. The van der Waals surface area contributed by atoms with Crippen LogP contribution >= 0.6 is 0 Å². The molecular weight excluding hydrogens is 1660 g/mol. The zero-order valence-corrected chi connectivity index (χ0v) is 65.7. The van der Waals surface area contributed by atoms with Gasteiger partial charge in [-0.25, -0.2) is 0 Å². The van der Waals surface area contributed by atoms with Gasteiger partial charge >= 0.3 is 0 Å². The van der Waals surface area contributed by atoms with Crippen molar-refractivity contribution in [1.29, 1.82) is 0 Å². The maximum absolute atomic E-state index is 13.6. The summed E-state index contributed by atoms with van der Waals surface area (Å²) in [6.07, 6.45) is -93.1. The molecule has 31 N–H and O–H groups in total. The molecule has 0 spiro atoms. The van der Waals surface area contributed by atoms with Crippen molar-refractivity contribution in [3.63, 3.8) is 0 Å². The fourth-order valence-corrected chi connectivity index (χ4v) is 15.4. The molecule has 4 amide bonds. The van der Waals surface area contributed by atoms with Gasteiger partial charge in [0.2, 0.25) is 23.6 Å². The van der Waals surface area contributed by atoms with Crippen molar-refractivity contribution < 1.29 is 242 Å². The van der Waals surface area contributed by atoms with Gasteiger partial charge in [0.05, 0.1) is 77.7 Å². The van der Waals surface area contributed by atoms with Crippen LogP contribution in [0.4, 0.5) is 0 Å². The lowest BCUT2D eigenvalue weighted by Gasteiger charge is -2.52. The largest absolute Gasteiger partial charge is 0.394 e. The van der Waals surface area contributed by atoms with Gasteiger partial charge in [0, 0.05) is 27.7 Å². The highest BCUT2D eigenvalue weighted by Crippen LogP contribution is 2.41. The van der Waals surface area contributed by atoms with Gasteiger partial charge < -0.3 is 244 Å². The Hall–Kier alpha value is -3.92. The second kappa shape index (κ2) is 44.4. The number of aliphatic hydroxyl groups is 27. The lowest BCUT2D eigenvalue weighted by molar-refractivity contribution is -0.400. The molecule has 53 nitrogen and oxygen atoms in total. The van der Waals surface area contributed by atoms with Crippen molar-refractivity contribution in [2.45, 2.75) is 342 Å². The molecule has 9 fully saturated rings. The Morgan fingerprint density at radius 1 is 0.298 bits per heavy atom. The summed E-state index contributed by atoms with van der Waals surface area (Å²) in [7, 11) is 0. The van der Waals surface area contributed by atoms with E-state index < -0.39 is 384 Å². The zero-order chi connectivity index (χ0) is 89.5. The molecule has 121 heavy (non-hydrogen) atoms. The maximum atomic E-state index is 13.6. The lowest BCUT2D eigenvalue weighted by atomic mass is 9.93. The van der Waals surface area contributed by atoms with E-state index >= 15 is 0 Å². The summed E-state index contributed by atoms with van der Waals surface area (Å²) < 4.78 is 107. The number of ether oxygens (including phenoxy) is 18. The van der Waals surface area contributed by atoms with Crippen molar-refractivity contribution in [3.8, 4) is 0 Å². The Bertz CT molecular complexity index is 3220. The number of amides is 4. The van der Waals surface area contributed by atoms with Crippen LogP contribution in [0.25, 0.3) is 0 Å². The number of hydrogen-bond donors (Lipinski definition) is 31. The molecule has 9 saturated heterocycles. The van der Waals surface area contributed by atoms with Crippen LogP contribution in [0, 0.1) is 0 Å². The molecule has 0 unspecified atom stereocenters. The van der Waals surface area contributed by atoms with E-state index in [-0.39, 0.29) is 0 Å². The zero-order valence-electron chi connectivity index (χ0n) is 65.7. The second-order valence-corrected chi connectivity index (χ2v) is 30.7. The number of nitrogens with one attached hydrogen (secondary N) is 4. The van der Waals surface area contributed by atoms with Crippen LogP contribution < -0.4 is 21.3 Å². The third kappa shape index (κ3) is 22.9. The predicted octanol–water partition coefficient (Wildman–Crippen LogP) is -20.5. The first-order valence-corrected chi connectivity index (χ1v) is 38.8. The van der Waals surface area contributed by atoms with Gasteiger partial charge in [0.1, 0.15) is 226 Å². The molecule has 53 heteroatoms. The number of aliphatic hydroxyl groups excluding tert-OH is 27. The summed E-state index contributed by atoms with van der Waals surface area (Å²) in [5, 5.41) is 310. The van der Waals surface area contributed by atoms with Crippen LogP contribution in [0.1, 0.15) is 41.5 Å². The number of rotatable bonds is 34. The first-order valence-electron chi connectivity index (χ1n) is 38.8. The van der Waals surface area contributed by atoms with E-state index in [0.717, 1.165) is 27.7 Å². The Labute approximate surface area is 686 Å². The molecule has 0 aromatic carbocycles. The first-order chi connectivity index (χ1) is 57.1. The molecular formula is C68H116N4O49. The summed E-state index contributed by atoms with van der Waals surface area (Å²) in [6.45, 7) is -4.06. The van der Waals surface area contributed by atoms with E-state index in [1.807, 2.05) is 0 Å². The Kier molecular flexibility index (Phi) is 37.0. The third-order valence-electron chi connectivity index (χ3n) is 22.1. The van der Waals surface area contributed by atoms with Gasteiger partial charge in [-0.1, -0.05) is 0 Å². The number of hydrogen-bond acceptors (Lipinski definition) is 49. The molecule has 0 aliphatic carbocycles. The average molecular weight is 1770 g/mol. The summed E-state index contributed by atoms with van der Waals surface area (Å²) in [6, 6.07) is -7.73. The highest BCUT2D eigenvalue weighted by Gasteiger charge is 2.62. The van der Waals surface area contributed by atoms with Crippen molar-refractivity contribution in [3.05, 3.63) is 0 Å². The van der Waals surface area contributed by atoms with Crippen LogP contribution in [0.5, 0.6) is 0 Å². The van der Waals surface area contributed by atoms with Crippen molar-refractivity contribution >= 4 is 23.6 Å². The highest BCUT2D eigenvalue weighted by molar-refractivity contribution is 5.74. The third-order valence-corrected chi connectivity index (χ3v) is 22.1. The van der Waals surface area contributed by atoms with Crippen LogP contribution in [-0.2, 0) is 104 Å². The first kappa shape index (κ1) is 101. The van der Waals surface area contributed by atoms with Gasteiger partial charge in [0.25, 0.3) is 0 Å². The molecule has 0 aromatic heterocycles. The van der Waals surface area contributed by atoms with Crippen LogP contribution in [-0.4, -0.2) is 521 Å². The minimum absolute atomic E-state index is 0.876. The second-order valence-electron chi connectivity index (χ2n) is 30.7. The SMILES string of the molecule is CC(=O)N[C@H]1[C@H](O[C@H]2[C@@H](O)[C@@H](CO)O[C@@H](O[C@H]3[C@H](O)[C@@H](CO)O[C@@H](O[C@H]4[C@@H](O)[C@@H](CO)O[C@@H](O[C@@H]([C@@H](O)[C@H](O)CO[C@@H]5O[C@H](CO)[C@@H](O)[C@H](O[C@@H]6O[C@H](CO)[C@H](O)[C@H](O)[C@H]6O)[C@H]5NC(C)=O)[C@H](CO)NC(C)=O)[C@@H]4O)[C@@H]3NC(C)=O)[C@@H]2O)O[C@H](CO)[C@@H](O[C@@H]2O[C@@H](C)[C@@H](O)[C@@H](O)[C@@H]2O)[C@@H]1O[C@@H]1O[C@H](CO)[C@H](O)[C@H](O)[C@H]1O[C@@H]1O[C@@H](C)[C@@H](O)[C@@H](O)[C@@H]1O. The standard InChI is InChI=1S/C68H116N4O49/c1-16-34(86)43(95)47(99)63(105-16)115-53-30(14-80)113-62(33(72-21(6)84)56(53)118-68-59(46(98)38(90)25(9-75)112-68)121-64-48(100)44(96)35(87)17(2)106-64)120-58-42(94)29(13-79)111-67(51(58)103)117-55-32(71-20(5)83)61(108-27(11-77)40(55)92)119-57-41(93)28(12-78)110-66(50(57)102)114-52(22(7-73)69-18(3)81)36(88)23(85)15-104-60-31(70-19(4)82)54(39(91)26(10-76)107-60)116-65-49(101)45(97)37(89)24(8-74)109-65/h16-17,22-68,73-80,85-103H,7-15H2,1-6H3,(H,69,81)(H,70,82)(H,71,83)(H,72,84)/t16-,17-,22-,23+,24+,25+,26+,27+,28+,29+,30+,31+,32+,33+,34+,35+,36-,37-,38-,39+,40+,41-,42-,43+,44+,45-,46-,47-,48-,49+,50+,51+,52+,53+,54+,55+,56+,57-,58-,59+,60+,61-,62-,63-,64-,65-,66-,67-,68-/m0/s1. The molecule has 9 aliphatic heterocycles. The molecule has 9 rings (SSSR count). The predicted molar refractivity (Wildman–Crippen MR) is 375 cm³/mol. The summed E-state index contributed by atoms with van der Waals surface area (Å²) in [4.78, 5) is 52.3. The maximum Gasteiger partial charge on any atom is 0.217 e. The van der Waals surface area contributed by atoms with Crippen LogP contribution in [0.15, 0.2) is 0 Å². The van der Waals surface area contributed by atoms with E-state index in [0.29, 0.717) is 0 Å². The Balaban J connectivity index is 0.992.